The number of benzene rings is 10. The van der Waals surface area contributed by atoms with Gasteiger partial charge in [-0.1, -0.05) is 204 Å². The fraction of sp³-hybridized carbons (Fsp3) is 0.0845. The van der Waals surface area contributed by atoms with Gasteiger partial charge < -0.3 is 4.42 Å². The molecular formula is C71H49N5O. The molecule has 364 valence electrons. The Bertz CT molecular complexity index is 4460. The Morgan fingerprint density at radius 3 is 1.38 bits per heavy atom. The summed E-state index contributed by atoms with van der Waals surface area (Å²) in [6, 6.07) is 79.4. The molecule has 0 unspecified atom stereocenters. The van der Waals surface area contributed by atoms with Crippen LogP contribution in [0.15, 0.2) is 229 Å². The molecule has 2 aliphatic rings. The number of nitrogens with zero attached hydrogens (tertiary/aromatic N) is 5. The summed E-state index contributed by atoms with van der Waals surface area (Å²) in [5.74, 6) is 2.53. The zero-order valence-electron chi connectivity index (χ0n) is 43.0. The van der Waals surface area contributed by atoms with Crippen LogP contribution in [0.25, 0.3) is 134 Å². The van der Waals surface area contributed by atoms with Gasteiger partial charge in [-0.05, 0) is 110 Å². The van der Waals surface area contributed by atoms with Crippen LogP contribution in [0.5, 0.6) is 0 Å². The van der Waals surface area contributed by atoms with Crippen molar-refractivity contribution in [2.24, 2.45) is 0 Å². The van der Waals surface area contributed by atoms with Crippen LogP contribution >= 0.6 is 0 Å². The van der Waals surface area contributed by atoms with Crippen molar-refractivity contribution < 1.29 is 4.42 Å². The fourth-order valence-corrected chi connectivity index (χ4v) is 12.3. The maximum atomic E-state index is 6.63. The molecule has 13 aromatic rings. The van der Waals surface area contributed by atoms with E-state index in [2.05, 4.69) is 234 Å². The first-order chi connectivity index (χ1) is 37.6. The third-order valence-corrected chi connectivity index (χ3v) is 16.3. The van der Waals surface area contributed by atoms with E-state index in [4.69, 9.17) is 29.3 Å². The van der Waals surface area contributed by atoms with E-state index in [0.717, 1.165) is 88.6 Å². The average molecular weight is 988 g/mol. The topological polar surface area (TPSA) is 77.6 Å². The second-order valence-corrected chi connectivity index (χ2v) is 21.6. The van der Waals surface area contributed by atoms with Crippen LogP contribution in [0, 0.1) is 0 Å². The van der Waals surface area contributed by atoms with E-state index in [1.165, 1.54) is 44.5 Å². The van der Waals surface area contributed by atoms with Gasteiger partial charge in [0, 0.05) is 60.4 Å². The highest BCUT2D eigenvalue weighted by Gasteiger charge is 2.37. The van der Waals surface area contributed by atoms with Crippen molar-refractivity contribution >= 4 is 32.7 Å². The lowest BCUT2D eigenvalue weighted by Gasteiger charge is -2.22. The minimum atomic E-state index is -0.180. The number of hydrogen-bond acceptors (Lipinski definition) is 6. The summed E-state index contributed by atoms with van der Waals surface area (Å²) in [6.45, 7) is 9.25. The highest BCUT2D eigenvalue weighted by atomic mass is 16.3. The third-order valence-electron chi connectivity index (χ3n) is 16.3. The average Bonchev–Trinajstić information content (AvgIpc) is 4.21. The molecule has 0 bridgehead atoms. The van der Waals surface area contributed by atoms with Crippen molar-refractivity contribution in [1.82, 2.24) is 24.9 Å². The van der Waals surface area contributed by atoms with Crippen LogP contribution in [0.2, 0.25) is 0 Å². The molecule has 6 heteroatoms. The smallest absolute Gasteiger partial charge is 0.164 e. The van der Waals surface area contributed by atoms with Crippen molar-refractivity contribution in [3.8, 4) is 101 Å². The molecule has 0 fully saturated rings. The molecule has 15 rings (SSSR count). The van der Waals surface area contributed by atoms with Crippen molar-refractivity contribution in [3.05, 3.63) is 247 Å². The number of furan rings is 1. The van der Waals surface area contributed by atoms with E-state index in [1.807, 2.05) is 18.2 Å². The molecule has 0 radical (unpaired) electrons. The Hall–Kier alpha value is -9.65. The largest absolute Gasteiger partial charge is 0.455 e. The number of rotatable bonds is 7. The van der Waals surface area contributed by atoms with Gasteiger partial charge in [-0.3, -0.25) is 0 Å². The van der Waals surface area contributed by atoms with Crippen molar-refractivity contribution in [2.45, 2.75) is 38.5 Å². The third kappa shape index (κ3) is 7.20. The minimum Gasteiger partial charge on any atom is -0.455 e. The molecule has 3 aromatic heterocycles. The van der Waals surface area contributed by atoms with Crippen LogP contribution in [0.3, 0.4) is 0 Å². The molecule has 6 nitrogen and oxygen atoms in total. The second kappa shape index (κ2) is 16.9. The lowest BCUT2D eigenvalue weighted by Crippen LogP contribution is -2.15. The summed E-state index contributed by atoms with van der Waals surface area (Å²) in [6.07, 6.45) is 0. The number of hydrogen-bond donors (Lipinski definition) is 0. The molecule has 0 saturated carbocycles. The molecular weight excluding hydrogens is 939 g/mol. The van der Waals surface area contributed by atoms with Crippen LogP contribution in [-0.4, -0.2) is 24.9 Å². The van der Waals surface area contributed by atoms with Gasteiger partial charge in [0.15, 0.2) is 23.3 Å². The predicted molar refractivity (Wildman–Crippen MR) is 313 cm³/mol. The Morgan fingerprint density at radius 2 is 0.740 bits per heavy atom. The summed E-state index contributed by atoms with van der Waals surface area (Å²) in [5, 5.41) is 4.42. The van der Waals surface area contributed by atoms with Gasteiger partial charge in [0.1, 0.15) is 11.2 Å². The van der Waals surface area contributed by atoms with E-state index < -0.39 is 0 Å². The normalized spacial score (nSPS) is 13.7. The summed E-state index contributed by atoms with van der Waals surface area (Å²) in [7, 11) is 0. The second-order valence-electron chi connectivity index (χ2n) is 21.6. The van der Waals surface area contributed by atoms with Crippen LogP contribution in [0.1, 0.15) is 49.9 Å². The quantitative estimate of drug-likeness (QED) is 0.158. The minimum absolute atomic E-state index is 0.180. The van der Waals surface area contributed by atoms with E-state index in [1.54, 1.807) is 0 Å². The van der Waals surface area contributed by atoms with Gasteiger partial charge in [0.2, 0.25) is 0 Å². The maximum Gasteiger partial charge on any atom is 0.164 e. The van der Waals surface area contributed by atoms with Crippen molar-refractivity contribution in [3.63, 3.8) is 0 Å². The Labute approximate surface area is 446 Å². The molecule has 0 spiro atoms. The van der Waals surface area contributed by atoms with Crippen molar-refractivity contribution in [2.75, 3.05) is 0 Å². The van der Waals surface area contributed by atoms with Gasteiger partial charge in [-0.15, -0.1) is 0 Å². The Morgan fingerprint density at radius 1 is 0.286 bits per heavy atom. The molecule has 10 aromatic carbocycles. The first-order valence-corrected chi connectivity index (χ1v) is 26.4. The lowest BCUT2D eigenvalue weighted by molar-refractivity contribution is 0.660. The standard InChI is InChI=1S/C71H49N5O/c1-70(2)58-26-12-10-24-52(58)54-32-30-49(38-60(54)70)68-74-67(75-69(76-68)50-31-33-55-53-25-11-13-27-59(53)71(3,4)61(55)39-50)48-22-15-20-45(37-48)44-19-14-21-46(36-44)62-41-63(73-66(72-62)43-17-6-5-7-18-43)47-29-34-56-57-35-28-42-16-8-9-23-51(42)65(57)77-64(56)40-47/h5-41H,1-4H3. The zero-order chi connectivity index (χ0) is 51.6. The van der Waals surface area contributed by atoms with Crippen LogP contribution in [0.4, 0.5) is 0 Å². The first-order valence-electron chi connectivity index (χ1n) is 26.4. The monoisotopic (exact) mass is 987 g/mol. The van der Waals surface area contributed by atoms with Gasteiger partial charge in [0.25, 0.3) is 0 Å². The Kier molecular flexibility index (Phi) is 9.85. The summed E-state index contributed by atoms with van der Waals surface area (Å²) in [5.41, 5.74) is 21.0. The number of fused-ring (bicyclic) bond motifs is 11. The zero-order valence-corrected chi connectivity index (χ0v) is 43.0. The van der Waals surface area contributed by atoms with Gasteiger partial charge >= 0.3 is 0 Å². The molecule has 77 heavy (non-hydrogen) atoms. The molecule has 0 aliphatic heterocycles. The summed E-state index contributed by atoms with van der Waals surface area (Å²) >= 11 is 0. The first kappa shape index (κ1) is 44.8. The molecule has 3 heterocycles. The number of aromatic nitrogens is 5. The van der Waals surface area contributed by atoms with E-state index in [-0.39, 0.29) is 10.8 Å². The van der Waals surface area contributed by atoms with Gasteiger partial charge in [0.05, 0.1) is 11.4 Å². The predicted octanol–water partition coefficient (Wildman–Crippen LogP) is 18.0. The highest BCUT2D eigenvalue weighted by molar-refractivity contribution is 6.15. The lowest BCUT2D eigenvalue weighted by atomic mass is 9.82. The molecule has 0 N–H and O–H groups in total. The summed E-state index contributed by atoms with van der Waals surface area (Å²) < 4.78 is 6.63. The maximum absolute atomic E-state index is 6.63. The van der Waals surface area contributed by atoms with Gasteiger partial charge in [-0.25, -0.2) is 24.9 Å². The van der Waals surface area contributed by atoms with E-state index in [9.17, 15) is 0 Å². The highest BCUT2D eigenvalue weighted by Crippen LogP contribution is 2.51. The SMILES string of the molecule is CC1(C)c2ccccc2-c2ccc(-c3nc(-c4cccc(-c5cccc(-c6cc(-c7ccc8c(c7)oc7c9ccccc9ccc87)nc(-c7ccccc7)n6)c5)c4)nc(-c4ccc5c(c4)C(C)(C)c4ccccc4-5)n3)cc21. The van der Waals surface area contributed by atoms with Gasteiger partial charge in [-0.2, -0.15) is 0 Å². The van der Waals surface area contributed by atoms with E-state index >= 15 is 0 Å². The molecule has 0 saturated heterocycles. The Balaban J connectivity index is 0.834. The van der Waals surface area contributed by atoms with Crippen LogP contribution < -0.4 is 0 Å². The molecule has 2 aliphatic carbocycles. The van der Waals surface area contributed by atoms with E-state index in [0.29, 0.717) is 23.3 Å². The molecule has 0 amide bonds. The fourth-order valence-electron chi connectivity index (χ4n) is 12.3. The molecule has 0 atom stereocenters. The summed E-state index contributed by atoms with van der Waals surface area (Å²) in [4.78, 5) is 26.4. The van der Waals surface area contributed by atoms with Crippen LogP contribution in [-0.2, 0) is 10.8 Å². The van der Waals surface area contributed by atoms with Crippen molar-refractivity contribution in [1.29, 1.82) is 0 Å².